The maximum Gasteiger partial charge on any atom is 0.344 e. The third kappa shape index (κ3) is 3.47. The highest BCUT2D eigenvalue weighted by Gasteiger charge is 2.05. The van der Waals surface area contributed by atoms with E-state index in [2.05, 4.69) is 5.43 Å². The van der Waals surface area contributed by atoms with Crippen molar-refractivity contribution in [2.75, 3.05) is 18.6 Å². The van der Waals surface area contributed by atoms with Gasteiger partial charge in [0.2, 0.25) is 0 Å². The Morgan fingerprint density at radius 3 is 2.87 bits per heavy atom. The second-order valence-electron chi connectivity index (χ2n) is 2.73. The molecule has 0 aliphatic rings. The van der Waals surface area contributed by atoms with E-state index in [9.17, 15) is 4.79 Å². The van der Waals surface area contributed by atoms with Crippen molar-refractivity contribution < 1.29 is 14.3 Å². The molecule has 1 rings (SSSR count). The number of para-hydroxylation sites is 2. The van der Waals surface area contributed by atoms with Crippen LogP contribution in [0.2, 0.25) is 0 Å². The highest BCUT2D eigenvalue weighted by atomic mass is 16.6. The molecular weight excluding hydrogens is 196 g/mol. The van der Waals surface area contributed by atoms with Crippen LogP contribution >= 0.6 is 0 Å². The monoisotopic (exact) mass is 210 g/mol. The number of nitrogens with one attached hydrogen (secondary N) is 1. The van der Waals surface area contributed by atoms with Crippen LogP contribution in [0.25, 0.3) is 0 Å². The van der Waals surface area contributed by atoms with Gasteiger partial charge < -0.3 is 14.9 Å². The largest absolute Gasteiger partial charge is 0.480 e. The van der Waals surface area contributed by atoms with Crippen LogP contribution < -0.4 is 16.0 Å². The van der Waals surface area contributed by atoms with Gasteiger partial charge in [-0.05, 0) is 19.1 Å². The molecule has 0 saturated heterocycles. The molecule has 1 aromatic carbocycles. The Kier molecular flexibility index (Phi) is 4.43. The standard InChI is InChI=1S/C10H14N2O3/c1-2-14-10(13)7-15-9-6-4-3-5-8(9)12-11/h3-6,12H,2,7,11H2,1H3. The van der Waals surface area contributed by atoms with Crippen LogP contribution in [0.3, 0.4) is 0 Å². The first-order valence-electron chi connectivity index (χ1n) is 4.62. The number of nitrogens with two attached hydrogens (primary N) is 1. The minimum Gasteiger partial charge on any atom is -0.480 e. The molecule has 82 valence electrons. The topological polar surface area (TPSA) is 73.6 Å². The number of hydrogen-bond acceptors (Lipinski definition) is 5. The summed E-state index contributed by atoms with van der Waals surface area (Å²) >= 11 is 0. The summed E-state index contributed by atoms with van der Waals surface area (Å²) in [5, 5.41) is 0. The molecule has 0 amide bonds. The first kappa shape index (κ1) is 11.3. The molecule has 0 aliphatic carbocycles. The molecule has 0 spiro atoms. The Bertz CT molecular complexity index is 328. The lowest BCUT2D eigenvalue weighted by Gasteiger charge is -2.09. The van der Waals surface area contributed by atoms with E-state index in [4.69, 9.17) is 15.3 Å². The average Bonchev–Trinajstić information content (AvgIpc) is 2.27. The third-order valence-corrected chi connectivity index (χ3v) is 1.69. The molecule has 0 aliphatic heterocycles. The van der Waals surface area contributed by atoms with Crippen molar-refractivity contribution in [3.8, 4) is 5.75 Å². The number of ether oxygens (including phenoxy) is 2. The van der Waals surface area contributed by atoms with E-state index in [1.165, 1.54) is 0 Å². The number of anilines is 1. The highest BCUT2D eigenvalue weighted by Crippen LogP contribution is 2.22. The summed E-state index contributed by atoms with van der Waals surface area (Å²) in [5.41, 5.74) is 3.10. The van der Waals surface area contributed by atoms with Gasteiger partial charge in [0.25, 0.3) is 0 Å². The van der Waals surface area contributed by atoms with Crippen molar-refractivity contribution in [1.29, 1.82) is 0 Å². The van der Waals surface area contributed by atoms with E-state index in [1.54, 1.807) is 25.1 Å². The number of hydrazine groups is 1. The first-order valence-corrected chi connectivity index (χ1v) is 4.62. The Hall–Kier alpha value is -1.75. The molecule has 0 atom stereocenters. The van der Waals surface area contributed by atoms with E-state index in [1.807, 2.05) is 6.07 Å². The molecule has 0 fully saturated rings. The molecule has 5 nitrogen and oxygen atoms in total. The van der Waals surface area contributed by atoms with E-state index in [-0.39, 0.29) is 6.61 Å². The maximum absolute atomic E-state index is 11.0. The van der Waals surface area contributed by atoms with Gasteiger partial charge in [-0.3, -0.25) is 5.84 Å². The third-order valence-electron chi connectivity index (χ3n) is 1.69. The minimum absolute atomic E-state index is 0.119. The molecule has 0 radical (unpaired) electrons. The minimum atomic E-state index is -0.399. The van der Waals surface area contributed by atoms with Crippen LogP contribution in [0, 0.1) is 0 Å². The summed E-state index contributed by atoms with van der Waals surface area (Å²) in [7, 11) is 0. The summed E-state index contributed by atoms with van der Waals surface area (Å²) in [5.74, 6) is 5.39. The molecule has 1 aromatic rings. The summed E-state index contributed by atoms with van der Waals surface area (Å²) in [6, 6.07) is 7.07. The SMILES string of the molecule is CCOC(=O)COc1ccccc1NN. The van der Waals surface area contributed by atoms with Crippen LogP contribution in [0.1, 0.15) is 6.92 Å². The number of benzene rings is 1. The number of rotatable bonds is 5. The van der Waals surface area contributed by atoms with Crippen LogP contribution in [0.4, 0.5) is 5.69 Å². The second kappa shape index (κ2) is 5.87. The van der Waals surface area contributed by atoms with Crippen LogP contribution in [-0.2, 0) is 9.53 Å². The lowest BCUT2D eigenvalue weighted by molar-refractivity contribution is -0.145. The van der Waals surface area contributed by atoms with E-state index >= 15 is 0 Å². The molecule has 0 saturated carbocycles. The van der Waals surface area contributed by atoms with Crippen molar-refractivity contribution in [3.63, 3.8) is 0 Å². The molecule has 15 heavy (non-hydrogen) atoms. The van der Waals surface area contributed by atoms with Gasteiger partial charge in [-0.15, -0.1) is 0 Å². The van der Waals surface area contributed by atoms with Crippen molar-refractivity contribution in [3.05, 3.63) is 24.3 Å². The summed E-state index contributed by atoms with van der Waals surface area (Å²) in [6.07, 6.45) is 0. The zero-order chi connectivity index (χ0) is 11.1. The van der Waals surface area contributed by atoms with Crippen molar-refractivity contribution >= 4 is 11.7 Å². The molecule has 0 unspecified atom stereocenters. The molecule has 3 N–H and O–H groups in total. The van der Waals surface area contributed by atoms with Crippen molar-refractivity contribution in [2.24, 2.45) is 5.84 Å². The molecule has 0 aromatic heterocycles. The Morgan fingerprint density at radius 2 is 2.20 bits per heavy atom. The van der Waals surface area contributed by atoms with Gasteiger partial charge in [0.15, 0.2) is 6.61 Å². The molecule has 0 bridgehead atoms. The lowest BCUT2D eigenvalue weighted by atomic mass is 10.3. The predicted molar refractivity (Wildman–Crippen MR) is 56.4 cm³/mol. The van der Waals surface area contributed by atoms with Gasteiger partial charge in [0.05, 0.1) is 12.3 Å². The number of esters is 1. The Morgan fingerprint density at radius 1 is 1.47 bits per heavy atom. The summed E-state index contributed by atoms with van der Waals surface area (Å²) in [6.45, 7) is 1.97. The number of carbonyl (C=O) groups excluding carboxylic acids is 1. The quantitative estimate of drug-likeness (QED) is 0.429. The fraction of sp³-hybridized carbons (Fsp3) is 0.300. The van der Waals surface area contributed by atoms with E-state index < -0.39 is 5.97 Å². The number of carbonyl (C=O) groups is 1. The number of nitrogen functional groups attached to an aromatic ring is 1. The predicted octanol–water partition coefficient (Wildman–Crippen LogP) is 0.914. The fourth-order valence-corrected chi connectivity index (χ4v) is 1.05. The zero-order valence-corrected chi connectivity index (χ0v) is 8.53. The van der Waals surface area contributed by atoms with E-state index in [0.717, 1.165) is 0 Å². The van der Waals surface area contributed by atoms with Crippen LogP contribution in [-0.4, -0.2) is 19.2 Å². The Balaban J connectivity index is 2.53. The molecule has 5 heteroatoms. The van der Waals surface area contributed by atoms with Gasteiger partial charge in [-0.25, -0.2) is 4.79 Å². The lowest BCUT2D eigenvalue weighted by Crippen LogP contribution is -2.16. The van der Waals surface area contributed by atoms with Gasteiger partial charge in [0.1, 0.15) is 5.75 Å². The van der Waals surface area contributed by atoms with Crippen LogP contribution in [0.5, 0.6) is 5.75 Å². The van der Waals surface area contributed by atoms with Gasteiger partial charge in [-0.2, -0.15) is 0 Å². The second-order valence-corrected chi connectivity index (χ2v) is 2.73. The summed E-state index contributed by atoms with van der Waals surface area (Å²) < 4.78 is 9.95. The van der Waals surface area contributed by atoms with Crippen molar-refractivity contribution in [1.82, 2.24) is 0 Å². The first-order chi connectivity index (χ1) is 7.27. The van der Waals surface area contributed by atoms with Crippen LogP contribution in [0.15, 0.2) is 24.3 Å². The maximum atomic E-state index is 11.0. The van der Waals surface area contributed by atoms with E-state index in [0.29, 0.717) is 18.0 Å². The highest BCUT2D eigenvalue weighted by molar-refractivity contribution is 5.71. The Labute approximate surface area is 88.1 Å². The van der Waals surface area contributed by atoms with Gasteiger partial charge >= 0.3 is 5.97 Å². The fourth-order valence-electron chi connectivity index (χ4n) is 1.05. The smallest absolute Gasteiger partial charge is 0.344 e. The normalized spacial score (nSPS) is 9.47. The molecule has 0 heterocycles. The van der Waals surface area contributed by atoms with Crippen molar-refractivity contribution in [2.45, 2.75) is 6.92 Å². The van der Waals surface area contributed by atoms with Gasteiger partial charge in [-0.1, -0.05) is 12.1 Å². The summed E-state index contributed by atoms with van der Waals surface area (Å²) in [4.78, 5) is 11.0. The average molecular weight is 210 g/mol. The molecular formula is C10H14N2O3. The zero-order valence-electron chi connectivity index (χ0n) is 8.53. The number of hydrogen-bond donors (Lipinski definition) is 2. The van der Waals surface area contributed by atoms with Gasteiger partial charge in [0, 0.05) is 0 Å².